The number of ether oxygens (including phenoxy) is 1. The lowest BCUT2D eigenvalue weighted by Crippen LogP contribution is -2.41. The molecule has 1 saturated heterocycles. The minimum absolute atomic E-state index is 0.0735. The predicted octanol–water partition coefficient (Wildman–Crippen LogP) is 3.82. The van der Waals surface area contributed by atoms with Gasteiger partial charge in [-0.25, -0.2) is 4.98 Å². The van der Waals surface area contributed by atoms with Crippen LogP contribution in [0.3, 0.4) is 0 Å². The number of anilines is 2. The molecule has 2 aromatic heterocycles. The topological polar surface area (TPSA) is 96.5 Å². The molecule has 0 saturated carbocycles. The number of aromatic nitrogens is 2. The first-order valence-corrected chi connectivity index (χ1v) is 11.5. The number of carbonyl (C=O) groups is 2. The fourth-order valence-corrected chi connectivity index (χ4v) is 4.03. The molecule has 8 heteroatoms. The van der Waals surface area contributed by atoms with Crippen LogP contribution in [0.5, 0.6) is 0 Å². The maximum atomic E-state index is 13.3. The molecular weight excluding hydrogens is 442 g/mol. The fourth-order valence-electron chi connectivity index (χ4n) is 4.03. The van der Waals surface area contributed by atoms with Crippen LogP contribution < -0.4 is 10.6 Å². The van der Waals surface area contributed by atoms with Crippen LogP contribution in [0, 0.1) is 0 Å². The lowest BCUT2D eigenvalue weighted by atomic mass is 10.0. The molecule has 2 N–H and O–H groups in total. The molecule has 0 unspecified atom stereocenters. The van der Waals surface area contributed by atoms with Crippen LogP contribution in [0.25, 0.3) is 22.2 Å². The Morgan fingerprint density at radius 1 is 0.886 bits per heavy atom. The Morgan fingerprint density at radius 3 is 2.31 bits per heavy atom. The Morgan fingerprint density at radius 2 is 1.57 bits per heavy atom. The smallest absolute Gasteiger partial charge is 0.256 e. The predicted molar refractivity (Wildman–Crippen MR) is 135 cm³/mol. The van der Waals surface area contributed by atoms with E-state index in [1.54, 1.807) is 42.7 Å². The van der Waals surface area contributed by atoms with E-state index in [1.807, 2.05) is 36.4 Å². The van der Waals surface area contributed by atoms with Crippen molar-refractivity contribution in [1.29, 1.82) is 0 Å². The van der Waals surface area contributed by atoms with E-state index in [0.717, 1.165) is 29.6 Å². The average Bonchev–Trinajstić information content (AvgIpc) is 2.90. The molecule has 4 aromatic rings. The van der Waals surface area contributed by atoms with Crippen molar-refractivity contribution in [3.8, 4) is 11.3 Å². The summed E-state index contributed by atoms with van der Waals surface area (Å²) in [5, 5.41) is 6.64. The van der Waals surface area contributed by atoms with E-state index in [-0.39, 0.29) is 11.8 Å². The molecule has 2 amide bonds. The quantitative estimate of drug-likeness (QED) is 0.448. The number of pyridine rings is 2. The number of carbonyl (C=O) groups excluding carboxylic acids is 2. The van der Waals surface area contributed by atoms with Gasteiger partial charge in [0, 0.05) is 47.8 Å². The number of benzene rings is 2. The monoisotopic (exact) mass is 467 g/mol. The van der Waals surface area contributed by atoms with Crippen molar-refractivity contribution in [3.05, 3.63) is 84.7 Å². The number of hydrogen-bond acceptors (Lipinski definition) is 6. The Kier molecular flexibility index (Phi) is 6.74. The molecule has 0 atom stereocenters. The lowest BCUT2D eigenvalue weighted by molar-refractivity contribution is -0.118. The highest BCUT2D eigenvalue weighted by Gasteiger charge is 2.16. The molecule has 1 aliphatic heterocycles. The van der Waals surface area contributed by atoms with Crippen LogP contribution in [0.4, 0.5) is 11.4 Å². The first-order chi connectivity index (χ1) is 17.2. The molecule has 0 aliphatic carbocycles. The van der Waals surface area contributed by atoms with Crippen molar-refractivity contribution in [3.63, 3.8) is 0 Å². The first kappa shape index (κ1) is 22.6. The summed E-state index contributed by atoms with van der Waals surface area (Å²) in [6.07, 6.45) is 3.40. The zero-order chi connectivity index (χ0) is 24.0. The minimum Gasteiger partial charge on any atom is -0.379 e. The van der Waals surface area contributed by atoms with E-state index < -0.39 is 0 Å². The highest BCUT2D eigenvalue weighted by molar-refractivity contribution is 6.13. The van der Waals surface area contributed by atoms with E-state index in [1.165, 1.54) is 0 Å². The zero-order valence-corrected chi connectivity index (χ0v) is 19.1. The van der Waals surface area contributed by atoms with Crippen LogP contribution in [-0.2, 0) is 9.53 Å². The summed E-state index contributed by atoms with van der Waals surface area (Å²) in [4.78, 5) is 36.4. The highest BCUT2D eigenvalue weighted by Crippen LogP contribution is 2.25. The second kappa shape index (κ2) is 10.4. The van der Waals surface area contributed by atoms with E-state index >= 15 is 0 Å². The van der Waals surface area contributed by atoms with Crippen molar-refractivity contribution in [2.75, 3.05) is 43.5 Å². The molecule has 2 aromatic carbocycles. The third-order valence-corrected chi connectivity index (χ3v) is 5.83. The summed E-state index contributed by atoms with van der Waals surface area (Å²) in [5.41, 5.74) is 4.17. The third kappa shape index (κ3) is 5.51. The average molecular weight is 468 g/mol. The molecule has 5 rings (SSSR count). The third-order valence-electron chi connectivity index (χ3n) is 5.83. The molecule has 176 valence electrons. The summed E-state index contributed by atoms with van der Waals surface area (Å²) < 4.78 is 5.32. The Labute approximate surface area is 203 Å². The maximum absolute atomic E-state index is 13.3. The van der Waals surface area contributed by atoms with Crippen LogP contribution in [-0.4, -0.2) is 59.5 Å². The van der Waals surface area contributed by atoms with Gasteiger partial charge in [0.1, 0.15) is 0 Å². The van der Waals surface area contributed by atoms with Crippen molar-refractivity contribution in [2.24, 2.45) is 0 Å². The van der Waals surface area contributed by atoms with E-state index in [0.29, 0.717) is 42.4 Å². The van der Waals surface area contributed by atoms with Gasteiger partial charge in [-0.3, -0.25) is 19.5 Å². The number of fused-ring (bicyclic) bond motifs is 1. The van der Waals surface area contributed by atoms with Crippen LogP contribution in [0.15, 0.2) is 79.1 Å². The molecule has 35 heavy (non-hydrogen) atoms. The number of amides is 2. The molecule has 0 spiro atoms. The Hall–Kier alpha value is -4.14. The number of para-hydroxylation sites is 1. The fraction of sp³-hybridized carbons (Fsp3) is 0.185. The highest BCUT2D eigenvalue weighted by atomic mass is 16.5. The van der Waals surface area contributed by atoms with Gasteiger partial charge in [0.2, 0.25) is 5.91 Å². The van der Waals surface area contributed by atoms with Crippen molar-refractivity contribution in [2.45, 2.75) is 0 Å². The van der Waals surface area contributed by atoms with Gasteiger partial charge >= 0.3 is 0 Å². The largest absolute Gasteiger partial charge is 0.379 e. The van der Waals surface area contributed by atoms with Crippen LogP contribution >= 0.6 is 0 Å². The molecule has 0 radical (unpaired) electrons. The number of nitrogens with one attached hydrogen (secondary N) is 2. The van der Waals surface area contributed by atoms with Gasteiger partial charge in [-0.1, -0.05) is 18.2 Å². The van der Waals surface area contributed by atoms with Crippen LogP contribution in [0.1, 0.15) is 10.4 Å². The van der Waals surface area contributed by atoms with Gasteiger partial charge in [0.25, 0.3) is 5.91 Å². The van der Waals surface area contributed by atoms with Crippen molar-refractivity contribution >= 4 is 34.1 Å². The SMILES string of the molecule is O=C(CN1CCOCC1)Nc1ccc(NC(=O)c2cc(-c3ccncc3)nc3ccccc23)cc1. The summed E-state index contributed by atoms with van der Waals surface area (Å²) in [7, 11) is 0. The molecule has 1 fully saturated rings. The van der Waals surface area contributed by atoms with E-state index in [9.17, 15) is 9.59 Å². The number of rotatable bonds is 6. The van der Waals surface area contributed by atoms with E-state index in [2.05, 4.69) is 20.5 Å². The standard InChI is InChI=1S/C27H25N5O3/c33-26(18-32-13-15-35-16-14-32)29-20-5-7-21(8-6-20)30-27(34)23-17-25(19-9-11-28-12-10-19)31-24-4-2-1-3-22(23)24/h1-12,17H,13-16,18H2,(H,29,33)(H,30,34). The van der Waals surface area contributed by atoms with E-state index in [4.69, 9.17) is 9.72 Å². The summed E-state index contributed by atoms with van der Waals surface area (Å²) >= 11 is 0. The van der Waals surface area contributed by atoms with Gasteiger partial charge in [-0.05, 0) is 48.5 Å². The van der Waals surface area contributed by atoms with Crippen molar-refractivity contribution < 1.29 is 14.3 Å². The summed E-state index contributed by atoms with van der Waals surface area (Å²) in [6, 6.07) is 20.2. The van der Waals surface area contributed by atoms with Gasteiger partial charge < -0.3 is 15.4 Å². The van der Waals surface area contributed by atoms with Gasteiger partial charge in [0.15, 0.2) is 0 Å². The number of morpholine rings is 1. The van der Waals surface area contributed by atoms with Gasteiger partial charge in [-0.15, -0.1) is 0 Å². The Bertz CT molecular complexity index is 1340. The second-order valence-corrected chi connectivity index (χ2v) is 8.28. The lowest BCUT2D eigenvalue weighted by Gasteiger charge is -2.25. The summed E-state index contributed by atoms with van der Waals surface area (Å²) in [5.74, 6) is -0.307. The van der Waals surface area contributed by atoms with Crippen molar-refractivity contribution in [1.82, 2.24) is 14.9 Å². The number of hydrogen-bond donors (Lipinski definition) is 2. The molecule has 1 aliphatic rings. The number of nitrogens with zero attached hydrogens (tertiary/aromatic N) is 3. The molecule has 3 heterocycles. The maximum Gasteiger partial charge on any atom is 0.256 e. The zero-order valence-electron chi connectivity index (χ0n) is 19.1. The van der Waals surface area contributed by atoms with Crippen LogP contribution in [0.2, 0.25) is 0 Å². The molecule has 0 bridgehead atoms. The normalized spacial score (nSPS) is 13.9. The molecule has 8 nitrogen and oxygen atoms in total. The Balaban J connectivity index is 1.30. The first-order valence-electron chi connectivity index (χ1n) is 11.5. The second-order valence-electron chi connectivity index (χ2n) is 8.28. The van der Waals surface area contributed by atoms with Gasteiger partial charge in [-0.2, -0.15) is 0 Å². The minimum atomic E-state index is -0.233. The summed E-state index contributed by atoms with van der Waals surface area (Å²) in [6.45, 7) is 3.14. The molecular formula is C27H25N5O3. The van der Waals surface area contributed by atoms with Gasteiger partial charge in [0.05, 0.1) is 36.5 Å².